The lowest BCUT2D eigenvalue weighted by Gasteiger charge is -2.13. The van der Waals surface area contributed by atoms with Crippen molar-refractivity contribution >= 4 is 17.6 Å². The largest absolute Gasteiger partial charge is 0.478 e. The monoisotopic (exact) mass is 232 g/mol. The van der Waals surface area contributed by atoms with Gasteiger partial charge in [-0.05, 0) is 25.0 Å². The highest BCUT2D eigenvalue weighted by Gasteiger charge is 2.39. The molecule has 0 aromatic heterocycles. The molecule has 0 unspecified atom stereocenters. The maximum atomic E-state index is 12.1. The lowest BCUT2D eigenvalue weighted by Crippen LogP contribution is -2.25. The minimum atomic E-state index is -1.06. The van der Waals surface area contributed by atoms with Crippen molar-refractivity contribution in [1.29, 1.82) is 0 Å². The average Bonchev–Trinajstić information content (AvgIpc) is 3.05. The second-order valence-electron chi connectivity index (χ2n) is 4.56. The first-order valence-electron chi connectivity index (χ1n) is 5.54. The topological polar surface area (TPSA) is 83.6 Å². The Kier molecular flexibility index (Phi) is 1.92. The minimum absolute atomic E-state index is 0.0762. The van der Waals surface area contributed by atoms with Gasteiger partial charge in [0.15, 0.2) is 0 Å². The number of fused-ring (bicyclic) bond motifs is 1. The molecule has 0 spiro atoms. The number of hydrogen-bond donors (Lipinski definition) is 2. The van der Waals surface area contributed by atoms with Crippen molar-refractivity contribution in [1.82, 2.24) is 4.90 Å². The molecule has 0 atom stereocenters. The molecule has 1 saturated carbocycles. The van der Waals surface area contributed by atoms with E-state index in [1.165, 1.54) is 12.1 Å². The van der Waals surface area contributed by atoms with E-state index in [1.807, 2.05) is 0 Å². The number of carbonyl (C=O) groups excluding carboxylic acids is 1. The van der Waals surface area contributed by atoms with Crippen LogP contribution in [-0.2, 0) is 6.54 Å². The summed E-state index contributed by atoms with van der Waals surface area (Å²) >= 11 is 0. The van der Waals surface area contributed by atoms with Gasteiger partial charge < -0.3 is 15.7 Å². The predicted octanol–water partition coefficient (Wildman–Crippen LogP) is 1.09. The summed E-state index contributed by atoms with van der Waals surface area (Å²) in [6.45, 7) is 0.518. The van der Waals surface area contributed by atoms with Crippen LogP contribution < -0.4 is 5.73 Å². The zero-order chi connectivity index (χ0) is 12.2. The molecule has 1 aromatic carbocycles. The second-order valence-corrected chi connectivity index (χ2v) is 4.56. The Hall–Kier alpha value is -2.04. The number of aromatic carboxylic acids is 1. The maximum Gasteiger partial charge on any atom is 0.335 e. The third-order valence-corrected chi connectivity index (χ3v) is 3.34. The van der Waals surface area contributed by atoms with Crippen LogP contribution in [0.1, 0.15) is 39.1 Å². The highest BCUT2D eigenvalue weighted by molar-refractivity contribution is 6.03. The Labute approximate surface area is 97.8 Å². The third kappa shape index (κ3) is 1.46. The van der Waals surface area contributed by atoms with E-state index in [0.717, 1.165) is 18.4 Å². The van der Waals surface area contributed by atoms with Gasteiger partial charge in [0, 0.05) is 29.4 Å². The van der Waals surface area contributed by atoms with E-state index >= 15 is 0 Å². The van der Waals surface area contributed by atoms with E-state index < -0.39 is 5.97 Å². The van der Waals surface area contributed by atoms with Gasteiger partial charge in [0.05, 0.1) is 5.56 Å². The lowest BCUT2D eigenvalue weighted by atomic mass is 10.0. The molecule has 3 rings (SSSR count). The molecule has 1 aromatic rings. The average molecular weight is 232 g/mol. The number of rotatable bonds is 2. The first-order chi connectivity index (χ1) is 8.08. The Morgan fingerprint density at radius 2 is 2.12 bits per heavy atom. The SMILES string of the molecule is Nc1cc(C(=O)O)cc2c1CN(C1CC1)C2=O. The summed E-state index contributed by atoms with van der Waals surface area (Å²) in [5.41, 5.74) is 7.51. The molecule has 3 N–H and O–H groups in total. The van der Waals surface area contributed by atoms with E-state index in [1.54, 1.807) is 4.90 Å². The van der Waals surface area contributed by atoms with Gasteiger partial charge in [-0.15, -0.1) is 0 Å². The number of nitrogens with zero attached hydrogens (tertiary/aromatic N) is 1. The van der Waals surface area contributed by atoms with Crippen LogP contribution in [0.3, 0.4) is 0 Å². The second kappa shape index (κ2) is 3.23. The normalized spacial score (nSPS) is 18.4. The molecule has 2 aliphatic rings. The highest BCUT2D eigenvalue weighted by Crippen LogP contribution is 2.37. The first kappa shape index (κ1) is 10.1. The molecule has 0 saturated heterocycles. The maximum absolute atomic E-state index is 12.1. The standard InChI is InChI=1S/C12H12N2O3/c13-10-4-6(12(16)17)3-8-9(10)5-14(11(8)15)7-1-2-7/h3-4,7H,1-2,5,13H2,(H,16,17). The smallest absolute Gasteiger partial charge is 0.335 e. The van der Waals surface area contributed by atoms with Crippen molar-refractivity contribution in [2.45, 2.75) is 25.4 Å². The summed E-state index contributed by atoms with van der Waals surface area (Å²) in [4.78, 5) is 24.8. The number of hydrogen-bond acceptors (Lipinski definition) is 3. The van der Waals surface area contributed by atoms with Crippen LogP contribution in [0.2, 0.25) is 0 Å². The number of carboxylic acids is 1. The molecule has 1 heterocycles. The summed E-state index contributed by atoms with van der Waals surface area (Å²) < 4.78 is 0. The Bertz CT molecular complexity index is 535. The number of carboxylic acid groups (broad SMARTS) is 1. The van der Waals surface area contributed by atoms with Crippen molar-refractivity contribution in [3.05, 3.63) is 28.8 Å². The van der Waals surface area contributed by atoms with Gasteiger partial charge >= 0.3 is 5.97 Å². The van der Waals surface area contributed by atoms with Crippen LogP contribution in [0.4, 0.5) is 5.69 Å². The molecule has 5 heteroatoms. The molecule has 0 bridgehead atoms. The number of benzene rings is 1. The van der Waals surface area contributed by atoms with Crippen LogP contribution in [0, 0.1) is 0 Å². The fourth-order valence-corrected chi connectivity index (χ4v) is 2.26. The van der Waals surface area contributed by atoms with Crippen molar-refractivity contribution in [2.75, 3.05) is 5.73 Å². The van der Waals surface area contributed by atoms with Crippen LogP contribution in [0.5, 0.6) is 0 Å². The number of anilines is 1. The minimum Gasteiger partial charge on any atom is -0.478 e. The molecule has 17 heavy (non-hydrogen) atoms. The Morgan fingerprint density at radius 3 is 2.71 bits per heavy atom. The van der Waals surface area contributed by atoms with Gasteiger partial charge in [0.25, 0.3) is 5.91 Å². The van der Waals surface area contributed by atoms with Gasteiger partial charge in [0.1, 0.15) is 0 Å². The Balaban J connectivity index is 2.07. The molecule has 88 valence electrons. The zero-order valence-electron chi connectivity index (χ0n) is 9.14. The van der Waals surface area contributed by atoms with Gasteiger partial charge in [-0.2, -0.15) is 0 Å². The van der Waals surface area contributed by atoms with Crippen LogP contribution >= 0.6 is 0 Å². The van der Waals surface area contributed by atoms with Gasteiger partial charge in [-0.3, -0.25) is 4.79 Å². The van der Waals surface area contributed by atoms with Crippen molar-refractivity contribution in [2.24, 2.45) is 0 Å². The van der Waals surface area contributed by atoms with E-state index in [9.17, 15) is 9.59 Å². The molecular weight excluding hydrogens is 220 g/mol. The van der Waals surface area contributed by atoms with Crippen LogP contribution in [-0.4, -0.2) is 27.9 Å². The summed E-state index contributed by atoms with van der Waals surface area (Å²) in [6.07, 6.45) is 2.07. The molecule has 5 nitrogen and oxygen atoms in total. The lowest BCUT2D eigenvalue weighted by molar-refractivity contribution is 0.0697. The van der Waals surface area contributed by atoms with E-state index in [4.69, 9.17) is 10.8 Å². The molecule has 1 aliphatic carbocycles. The molecule has 0 radical (unpaired) electrons. The predicted molar refractivity (Wildman–Crippen MR) is 60.7 cm³/mol. The zero-order valence-corrected chi connectivity index (χ0v) is 9.14. The fraction of sp³-hybridized carbons (Fsp3) is 0.333. The number of nitrogens with two attached hydrogens (primary N) is 1. The van der Waals surface area contributed by atoms with E-state index in [-0.39, 0.29) is 11.5 Å². The summed E-state index contributed by atoms with van der Waals surface area (Å²) in [5, 5.41) is 8.93. The Morgan fingerprint density at radius 1 is 1.41 bits per heavy atom. The number of nitrogen functional groups attached to an aromatic ring is 1. The first-order valence-corrected chi connectivity index (χ1v) is 5.54. The van der Waals surface area contributed by atoms with E-state index in [0.29, 0.717) is 23.8 Å². The van der Waals surface area contributed by atoms with E-state index in [2.05, 4.69) is 0 Å². The number of amides is 1. The molecule has 1 fully saturated rings. The van der Waals surface area contributed by atoms with Crippen molar-refractivity contribution in [3.63, 3.8) is 0 Å². The summed E-state index contributed by atoms with van der Waals surface area (Å²) in [7, 11) is 0. The molecule has 1 amide bonds. The fourth-order valence-electron chi connectivity index (χ4n) is 2.26. The van der Waals surface area contributed by atoms with Crippen LogP contribution in [0.15, 0.2) is 12.1 Å². The van der Waals surface area contributed by atoms with Crippen molar-refractivity contribution in [3.8, 4) is 0 Å². The van der Waals surface area contributed by atoms with Gasteiger partial charge in [-0.25, -0.2) is 4.79 Å². The molecule has 1 aliphatic heterocycles. The highest BCUT2D eigenvalue weighted by atomic mass is 16.4. The van der Waals surface area contributed by atoms with Crippen molar-refractivity contribution < 1.29 is 14.7 Å². The van der Waals surface area contributed by atoms with Crippen LogP contribution in [0.25, 0.3) is 0 Å². The summed E-state index contributed by atoms with van der Waals surface area (Å²) in [5.74, 6) is -1.14. The van der Waals surface area contributed by atoms with Gasteiger partial charge in [0.2, 0.25) is 0 Å². The summed E-state index contributed by atoms with van der Waals surface area (Å²) in [6, 6.07) is 3.17. The number of carbonyl (C=O) groups is 2. The van der Waals surface area contributed by atoms with Gasteiger partial charge in [-0.1, -0.05) is 0 Å². The third-order valence-electron chi connectivity index (χ3n) is 3.34. The molecular formula is C12H12N2O3. The quantitative estimate of drug-likeness (QED) is 0.747.